The number of likely N-dealkylation sites (tertiary alicyclic amines) is 1. The molecule has 0 aromatic rings. The lowest BCUT2D eigenvalue weighted by atomic mass is 9.96. The van der Waals surface area contributed by atoms with Gasteiger partial charge in [0.05, 0.1) is 12.7 Å². The minimum Gasteiger partial charge on any atom is -0.382 e. The lowest BCUT2D eigenvalue weighted by Gasteiger charge is -2.36. The van der Waals surface area contributed by atoms with Gasteiger partial charge in [-0.15, -0.1) is 0 Å². The number of ether oxygens (including phenoxy) is 1. The molecule has 1 rings (SSSR count). The van der Waals surface area contributed by atoms with Crippen molar-refractivity contribution in [1.29, 1.82) is 5.26 Å². The molecule has 0 amide bonds. The van der Waals surface area contributed by atoms with Gasteiger partial charge in [-0.1, -0.05) is 19.8 Å². The molecular weight excluding hydrogens is 188 g/mol. The standard InChI is InChI=1S/C12H22N2O/c1-3-12(10-13,11-15-2)14-8-6-4-5-7-9-14/h3-9,11H2,1-2H3. The highest BCUT2D eigenvalue weighted by atomic mass is 16.5. The Morgan fingerprint density at radius 1 is 1.27 bits per heavy atom. The Morgan fingerprint density at radius 3 is 2.27 bits per heavy atom. The highest BCUT2D eigenvalue weighted by molar-refractivity contribution is 5.08. The van der Waals surface area contributed by atoms with Crippen molar-refractivity contribution in [3.05, 3.63) is 0 Å². The first kappa shape index (κ1) is 12.5. The molecule has 0 saturated carbocycles. The Balaban J connectivity index is 2.72. The van der Waals surface area contributed by atoms with Gasteiger partial charge in [0, 0.05) is 7.11 Å². The molecule has 3 heteroatoms. The summed E-state index contributed by atoms with van der Waals surface area (Å²) in [5, 5.41) is 9.38. The lowest BCUT2D eigenvalue weighted by Crippen LogP contribution is -2.51. The van der Waals surface area contributed by atoms with Crippen molar-refractivity contribution < 1.29 is 4.74 Å². The van der Waals surface area contributed by atoms with E-state index in [0.29, 0.717) is 6.61 Å². The van der Waals surface area contributed by atoms with E-state index in [1.807, 2.05) is 0 Å². The second kappa shape index (κ2) is 6.09. The van der Waals surface area contributed by atoms with E-state index in [1.54, 1.807) is 7.11 Å². The van der Waals surface area contributed by atoms with Gasteiger partial charge in [-0.25, -0.2) is 0 Å². The van der Waals surface area contributed by atoms with Crippen LogP contribution in [0.25, 0.3) is 0 Å². The van der Waals surface area contributed by atoms with E-state index in [2.05, 4.69) is 17.9 Å². The zero-order chi connectivity index (χ0) is 11.1. The summed E-state index contributed by atoms with van der Waals surface area (Å²) >= 11 is 0. The predicted molar refractivity (Wildman–Crippen MR) is 60.6 cm³/mol. The summed E-state index contributed by atoms with van der Waals surface area (Å²) < 4.78 is 5.22. The van der Waals surface area contributed by atoms with Gasteiger partial charge in [-0.2, -0.15) is 5.26 Å². The maximum atomic E-state index is 9.38. The Hall–Kier alpha value is -0.590. The SMILES string of the molecule is CCC(C#N)(COC)N1CCCCCC1. The summed E-state index contributed by atoms with van der Waals surface area (Å²) in [6.45, 7) is 4.70. The number of nitriles is 1. The molecule has 3 nitrogen and oxygen atoms in total. The van der Waals surface area contributed by atoms with Crippen molar-refractivity contribution in [3.8, 4) is 6.07 Å². The second-order valence-corrected chi connectivity index (χ2v) is 4.33. The Morgan fingerprint density at radius 2 is 1.87 bits per heavy atom. The van der Waals surface area contributed by atoms with Crippen LogP contribution in [0.5, 0.6) is 0 Å². The Kier molecular flexibility index (Phi) is 5.07. The molecule has 0 spiro atoms. The van der Waals surface area contributed by atoms with Gasteiger partial charge >= 0.3 is 0 Å². The first-order chi connectivity index (χ1) is 7.29. The molecule has 86 valence electrons. The quantitative estimate of drug-likeness (QED) is 0.713. The van der Waals surface area contributed by atoms with Crippen molar-refractivity contribution in [3.63, 3.8) is 0 Å². The van der Waals surface area contributed by atoms with Crippen molar-refractivity contribution in [1.82, 2.24) is 4.90 Å². The average Bonchev–Trinajstić information content (AvgIpc) is 2.55. The maximum absolute atomic E-state index is 9.38. The van der Waals surface area contributed by atoms with Crippen LogP contribution >= 0.6 is 0 Å². The summed E-state index contributed by atoms with van der Waals surface area (Å²) in [6, 6.07) is 2.46. The maximum Gasteiger partial charge on any atom is 0.132 e. The van der Waals surface area contributed by atoms with Crippen LogP contribution < -0.4 is 0 Å². The summed E-state index contributed by atoms with van der Waals surface area (Å²) in [4.78, 5) is 2.32. The largest absolute Gasteiger partial charge is 0.382 e. The molecule has 0 radical (unpaired) electrons. The summed E-state index contributed by atoms with van der Waals surface area (Å²) in [6.07, 6.45) is 5.88. The molecule has 1 aliphatic rings. The fraction of sp³-hybridized carbons (Fsp3) is 0.917. The molecule has 1 aliphatic heterocycles. The average molecular weight is 210 g/mol. The first-order valence-corrected chi connectivity index (χ1v) is 5.94. The second-order valence-electron chi connectivity index (χ2n) is 4.33. The van der Waals surface area contributed by atoms with Crippen LogP contribution in [0.2, 0.25) is 0 Å². The summed E-state index contributed by atoms with van der Waals surface area (Å²) in [5.41, 5.74) is -0.390. The van der Waals surface area contributed by atoms with Gasteiger partial charge in [-0.05, 0) is 32.4 Å². The van der Waals surface area contributed by atoms with Crippen LogP contribution in [-0.4, -0.2) is 37.2 Å². The third kappa shape index (κ3) is 2.93. The molecule has 1 unspecified atom stereocenters. The van der Waals surface area contributed by atoms with Crippen LogP contribution in [0.4, 0.5) is 0 Å². The zero-order valence-corrected chi connectivity index (χ0v) is 9.96. The summed E-state index contributed by atoms with van der Waals surface area (Å²) in [5.74, 6) is 0. The molecule has 0 N–H and O–H groups in total. The van der Waals surface area contributed by atoms with Crippen molar-refractivity contribution in [2.75, 3.05) is 26.8 Å². The molecule has 0 bridgehead atoms. The zero-order valence-electron chi connectivity index (χ0n) is 9.96. The predicted octanol–water partition coefficient (Wildman–Crippen LogP) is 2.18. The fourth-order valence-corrected chi connectivity index (χ4v) is 2.34. The molecular formula is C12H22N2O. The third-order valence-electron chi connectivity index (χ3n) is 3.39. The van der Waals surface area contributed by atoms with Crippen LogP contribution in [-0.2, 0) is 4.74 Å². The Bertz CT molecular complexity index is 216. The Labute approximate surface area is 93.0 Å². The van der Waals surface area contributed by atoms with Gasteiger partial charge in [0.25, 0.3) is 0 Å². The van der Waals surface area contributed by atoms with Crippen molar-refractivity contribution in [2.45, 2.75) is 44.6 Å². The van der Waals surface area contributed by atoms with E-state index in [4.69, 9.17) is 4.74 Å². The number of nitrogens with zero attached hydrogens (tertiary/aromatic N) is 2. The smallest absolute Gasteiger partial charge is 0.132 e. The van der Waals surface area contributed by atoms with E-state index in [0.717, 1.165) is 19.5 Å². The molecule has 0 aromatic heterocycles. The van der Waals surface area contributed by atoms with Gasteiger partial charge in [0.15, 0.2) is 0 Å². The minimum atomic E-state index is -0.390. The minimum absolute atomic E-state index is 0.390. The number of methoxy groups -OCH3 is 1. The highest BCUT2D eigenvalue weighted by Gasteiger charge is 2.35. The van der Waals surface area contributed by atoms with E-state index >= 15 is 0 Å². The molecule has 1 fully saturated rings. The van der Waals surface area contributed by atoms with Gasteiger partial charge < -0.3 is 4.74 Å². The highest BCUT2D eigenvalue weighted by Crippen LogP contribution is 2.23. The van der Waals surface area contributed by atoms with E-state index in [9.17, 15) is 5.26 Å². The molecule has 1 saturated heterocycles. The molecule has 1 heterocycles. The van der Waals surface area contributed by atoms with Crippen molar-refractivity contribution >= 4 is 0 Å². The normalized spacial score (nSPS) is 22.7. The van der Waals surface area contributed by atoms with E-state index in [1.165, 1.54) is 25.7 Å². The van der Waals surface area contributed by atoms with E-state index in [-0.39, 0.29) is 5.54 Å². The molecule has 0 aliphatic carbocycles. The van der Waals surface area contributed by atoms with Crippen LogP contribution in [0.3, 0.4) is 0 Å². The van der Waals surface area contributed by atoms with Crippen LogP contribution in [0.1, 0.15) is 39.0 Å². The van der Waals surface area contributed by atoms with E-state index < -0.39 is 0 Å². The van der Waals surface area contributed by atoms with Gasteiger partial charge in [0.2, 0.25) is 0 Å². The lowest BCUT2D eigenvalue weighted by molar-refractivity contribution is 0.0454. The van der Waals surface area contributed by atoms with Crippen molar-refractivity contribution in [2.24, 2.45) is 0 Å². The monoisotopic (exact) mass is 210 g/mol. The first-order valence-electron chi connectivity index (χ1n) is 5.94. The van der Waals surface area contributed by atoms with Crippen LogP contribution in [0.15, 0.2) is 0 Å². The van der Waals surface area contributed by atoms with Gasteiger partial charge in [-0.3, -0.25) is 4.90 Å². The fourth-order valence-electron chi connectivity index (χ4n) is 2.34. The molecule has 0 aromatic carbocycles. The number of rotatable bonds is 4. The van der Waals surface area contributed by atoms with Gasteiger partial charge in [0.1, 0.15) is 5.54 Å². The topological polar surface area (TPSA) is 36.3 Å². The summed E-state index contributed by atoms with van der Waals surface area (Å²) in [7, 11) is 1.68. The molecule has 15 heavy (non-hydrogen) atoms. The molecule has 1 atom stereocenters. The number of hydrogen-bond acceptors (Lipinski definition) is 3. The number of hydrogen-bond donors (Lipinski definition) is 0. The third-order valence-corrected chi connectivity index (χ3v) is 3.39. The van der Waals surface area contributed by atoms with Crippen LogP contribution in [0, 0.1) is 11.3 Å².